The molecule has 2 heterocycles. The summed E-state index contributed by atoms with van der Waals surface area (Å²) in [6.07, 6.45) is 2.38. The van der Waals surface area contributed by atoms with E-state index in [2.05, 4.69) is 6.07 Å². The molecule has 1 saturated heterocycles. The van der Waals surface area contributed by atoms with E-state index in [1.807, 2.05) is 30.3 Å². The summed E-state index contributed by atoms with van der Waals surface area (Å²) in [5.74, 6) is 0.314. The fraction of sp³-hybridized carbons (Fsp3) is 0.207. The van der Waals surface area contributed by atoms with Gasteiger partial charge in [-0.3, -0.25) is 19.3 Å². The molecule has 3 aromatic rings. The Morgan fingerprint density at radius 1 is 1.03 bits per heavy atom. The molecule has 0 N–H and O–H groups in total. The largest absolute Gasteiger partial charge is 0.493 e. The van der Waals surface area contributed by atoms with Crippen LogP contribution in [0.15, 0.2) is 71.6 Å². The quantitative estimate of drug-likeness (QED) is 0.360. The van der Waals surface area contributed by atoms with E-state index in [1.54, 1.807) is 41.3 Å². The molecule has 9 heteroatoms. The van der Waals surface area contributed by atoms with Crippen molar-refractivity contribution < 1.29 is 23.9 Å². The van der Waals surface area contributed by atoms with Gasteiger partial charge in [0.15, 0.2) is 11.5 Å². The number of carbonyl (C=O) groups is 3. The van der Waals surface area contributed by atoms with Gasteiger partial charge >= 0.3 is 0 Å². The Balaban J connectivity index is 1.24. The van der Waals surface area contributed by atoms with Crippen LogP contribution in [-0.4, -0.2) is 47.1 Å². The second kappa shape index (κ2) is 11.3. The highest BCUT2D eigenvalue weighted by molar-refractivity contribution is 8.18. The van der Waals surface area contributed by atoms with Gasteiger partial charge in [0.1, 0.15) is 13.2 Å². The summed E-state index contributed by atoms with van der Waals surface area (Å²) in [6.45, 7) is 1.11. The highest BCUT2D eigenvalue weighted by Crippen LogP contribution is 2.35. The number of hydrogen-bond donors (Lipinski definition) is 0. The summed E-state index contributed by atoms with van der Waals surface area (Å²) < 4.78 is 11.4. The van der Waals surface area contributed by atoms with Crippen LogP contribution in [0.2, 0.25) is 5.02 Å². The number of imide groups is 1. The first kappa shape index (κ1) is 25.9. The molecule has 2 aliphatic rings. The lowest BCUT2D eigenvalue weighted by atomic mass is 10.00. The first-order valence-corrected chi connectivity index (χ1v) is 13.3. The van der Waals surface area contributed by atoms with E-state index in [1.165, 1.54) is 12.7 Å². The summed E-state index contributed by atoms with van der Waals surface area (Å²) in [7, 11) is 1.53. The van der Waals surface area contributed by atoms with E-state index in [-0.39, 0.29) is 17.4 Å². The number of carbonyl (C=O) groups excluding carboxylic acids is 3. The van der Waals surface area contributed by atoms with Crippen molar-refractivity contribution in [2.24, 2.45) is 0 Å². The van der Waals surface area contributed by atoms with Gasteiger partial charge in [-0.1, -0.05) is 54.1 Å². The van der Waals surface area contributed by atoms with Crippen LogP contribution in [0.25, 0.3) is 6.08 Å². The number of rotatable bonds is 7. The summed E-state index contributed by atoms with van der Waals surface area (Å²) in [6, 6.07) is 20.6. The van der Waals surface area contributed by atoms with E-state index in [0.717, 1.165) is 34.2 Å². The van der Waals surface area contributed by atoms with E-state index < -0.39 is 11.1 Å². The number of nitrogens with zero attached hydrogens (tertiary/aromatic N) is 2. The monoisotopic (exact) mass is 548 g/mol. The highest BCUT2D eigenvalue weighted by atomic mass is 35.5. The standard InChI is InChI=1S/C29H25ClN2O5S/c1-36-25-14-20(8-11-24(25)37-18-19-6-9-23(30)10-7-19)15-26-28(34)32(29(35)38-26)17-27(33)31-13-12-21-4-2-3-5-22(21)16-31/h2-11,14-15H,12-13,16-18H2,1H3/b26-15+. The maximum Gasteiger partial charge on any atom is 0.294 e. The average Bonchev–Trinajstić information content (AvgIpc) is 3.19. The molecule has 5 rings (SSSR count). The number of amides is 3. The van der Waals surface area contributed by atoms with Gasteiger partial charge in [-0.05, 0) is 70.8 Å². The molecule has 194 valence electrons. The third-order valence-electron chi connectivity index (χ3n) is 6.44. The minimum absolute atomic E-state index is 0.244. The zero-order valence-corrected chi connectivity index (χ0v) is 22.3. The lowest BCUT2D eigenvalue weighted by Gasteiger charge is -2.29. The first-order chi connectivity index (χ1) is 18.4. The lowest BCUT2D eigenvalue weighted by Crippen LogP contribution is -2.44. The number of ether oxygens (including phenoxy) is 2. The Morgan fingerprint density at radius 3 is 2.55 bits per heavy atom. The highest BCUT2D eigenvalue weighted by Gasteiger charge is 2.37. The maximum atomic E-state index is 13.0. The van der Waals surface area contributed by atoms with Crippen molar-refractivity contribution >= 4 is 46.5 Å². The van der Waals surface area contributed by atoms with Crippen molar-refractivity contribution in [3.8, 4) is 11.5 Å². The van der Waals surface area contributed by atoms with Gasteiger partial charge in [-0.25, -0.2) is 0 Å². The number of methoxy groups -OCH3 is 1. The number of benzene rings is 3. The van der Waals surface area contributed by atoms with Crippen LogP contribution in [0.4, 0.5) is 4.79 Å². The average molecular weight is 549 g/mol. The number of thioether (sulfide) groups is 1. The molecule has 0 unspecified atom stereocenters. The molecule has 3 amide bonds. The van der Waals surface area contributed by atoms with Crippen LogP contribution in [-0.2, 0) is 29.2 Å². The summed E-state index contributed by atoms with van der Waals surface area (Å²) in [5, 5.41) is 0.198. The first-order valence-electron chi connectivity index (χ1n) is 12.1. The second-order valence-electron chi connectivity index (χ2n) is 8.93. The van der Waals surface area contributed by atoms with E-state index in [9.17, 15) is 14.4 Å². The molecule has 0 radical (unpaired) electrons. The molecule has 0 atom stereocenters. The van der Waals surface area contributed by atoms with Crippen molar-refractivity contribution in [1.29, 1.82) is 0 Å². The summed E-state index contributed by atoms with van der Waals surface area (Å²) in [5.41, 5.74) is 3.95. The van der Waals surface area contributed by atoms with Crippen LogP contribution >= 0.6 is 23.4 Å². The van der Waals surface area contributed by atoms with Gasteiger partial charge in [0.25, 0.3) is 11.1 Å². The van der Waals surface area contributed by atoms with Gasteiger partial charge in [0.2, 0.25) is 5.91 Å². The molecule has 0 aliphatic carbocycles. The molecule has 0 aromatic heterocycles. The second-order valence-corrected chi connectivity index (χ2v) is 10.4. The van der Waals surface area contributed by atoms with E-state index >= 15 is 0 Å². The number of hydrogen-bond acceptors (Lipinski definition) is 6. The van der Waals surface area contributed by atoms with Crippen molar-refractivity contribution in [2.75, 3.05) is 20.2 Å². The lowest BCUT2D eigenvalue weighted by molar-refractivity contribution is -0.136. The van der Waals surface area contributed by atoms with Crippen molar-refractivity contribution in [2.45, 2.75) is 19.6 Å². The van der Waals surface area contributed by atoms with Crippen LogP contribution in [0.5, 0.6) is 11.5 Å². The van der Waals surface area contributed by atoms with Gasteiger partial charge in [-0.15, -0.1) is 0 Å². The van der Waals surface area contributed by atoms with E-state index in [4.69, 9.17) is 21.1 Å². The maximum absolute atomic E-state index is 13.0. The molecule has 38 heavy (non-hydrogen) atoms. The third-order valence-corrected chi connectivity index (χ3v) is 7.60. The summed E-state index contributed by atoms with van der Waals surface area (Å²) in [4.78, 5) is 41.5. The van der Waals surface area contributed by atoms with Crippen LogP contribution in [0.3, 0.4) is 0 Å². The Morgan fingerprint density at radius 2 is 1.79 bits per heavy atom. The van der Waals surface area contributed by atoms with E-state index in [0.29, 0.717) is 41.8 Å². The predicted octanol–water partition coefficient (Wildman–Crippen LogP) is 5.55. The van der Waals surface area contributed by atoms with Crippen LogP contribution in [0, 0.1) is 0 Å². The Hall–Kier alpha value is -3.75. The third kappa shape index (κ3) is 5.71. The fourth-order valence-electron chi connectivity index (χ4n) is 4.37. The topological polar surface area (TPSA) is 76.2 Å². The summed E-state index contributed by atoms with van der Waals surface area (Å²) >= 11 is 6.76. The molecular formula is C29H25ClN2O5S. The van der Waals surface area contributed by atoms with Crippen molar-refractivity contribution in [3.05, 3.63) is 98.9 Å². The van der Waals surface area contributed by atoms with Gasteiger partial charge in [0.05, 0.1) is 12.0 Å². The minimum Gasteiger partial charge on any atom is -0.493 e. The van der Waals surface area contributed by atoms with Crippen LogP contribution in [0.1, 0.15) is 22.3 Å². The zero-order valence-electron chi connectivity index (χ0n) is 20.7. The van der Waals surface area contributed by atoms with Gasteiger partial charge in [-0.2, -0.15) is 0 Å². The molecule has 0 bridgehead atoms. The van der Waals surface area contributed by atoms with Crippen molar-refractivity contribution in [3.63, 3.8) is 0 Å². The molecule has 2 aliphatic heterocycles. The number of fused-ring (bicyclic) bond motifs is 1. The SMILES string of the molecule is COc1cc(/C=C2/SC(=O)N(CC(=O)N3CCc4ccccc4C3)C2=O)ccc1OCc1ccc(Cl)cc1. The predicted molar refractivity (Wildman–Crippen MR) is 147 cm³/mol. The molecule has 7 nitrogen and oxygen atoms in total. The van der Waals surface area contributed by atoms with Crippen molar-refractivity contribution in [1.82, 2.24) is 9.80 Å². The normalized spacial score (nSPS) is 16.1. The molecule has 0 saturated carbocycles. The molecule has 3 aromatic carbocycles. The fourth-order valence-corrected chi connectivity index (χ4v) is 5.33. The minimum atomic E-state index is -0.479. The van der Waals surface area contributed by atoms with Gasteiger partial charge < -0.3 is 14.4 Å². The Bertz CT molecular complexity index is 1420. The zero-order chi connectivity index (χ0) is 26.6. The molecular weight excluding hydrogens is 524 g/mol. The Kier molecular flexibility index (Phi) is 7.72. The Labute approximate surface area is 230 Å². The smallest absolute Gasteiger partial charge is 0.294 e. The molecule has 0 spiro atoms. The van der Waals surface area contributed by atoms with Gasteiger partial charge in [0, 0.05) is 18.1 Å². The van der Waals surface area contributed by atoms with Crippen LogP contribution < -0.4 is 9.47 Å². The molecule has 1 fully saturated rings. The number of halogens is 1.